The Morgan fingerprint density at radius 3 is 2.36 bits per heavy atom. The first-order valence-electron chi connectivity index (χ1n) is 10.1. The molecule has 1 atom stereocenters. The Kier molecular flexibility index (Phi) is 7.16. The summed E-state index contributed by atoms with van der Waals surface area (Å²) in [4.78, 5) is 47.3. The van der Waals surface area contributed by atoms with E-state index >= 15 is 0 Å². The summed E-state index contributed by atoms with van der Waals surface area (Å²) in [5.41, 5.74) is -0.322. The minimum absolute atomic E-state index is 0.00578. The molecule has 3 rings (SSSR count). The molecule has 1 aliphatic rings. The minimum Gasteiger partial charge on any atom is -0.452 e. The van der Waals surface area contributed by atoms with Crippen molar-refractivity contribution in [3.8, 4) is 0 Å². The predicted octanol–water partition coefficient (Wildman–Crippen LogP) is 3.43. The average Bonchev–Trinajstić information content (AvgIpc) is 2.80. The van der Waals surface area contributed by atoms with Gasteiger partial charge in [0.15, 0.2) is 6.10 Å². The molecule has 1 saturated heterocycles. The normalized spacial score (nSPS) is 14.9. The van der Waals surface area contributed by atoms with E-state index in [1.807, 2.05) is 4.90 Å². The first-order valence-corrected chi connectivity index (χ1v) is 10.1. The number of halogens is 1. The van der Waals surface area contributed by atoms with Gasteiger partial charge in [0, 0.05) is 30.9 Å². The number of carbonyl (C=O) groups is 2. The Labute approximate surface area is 187 Å². The van der Waals surface area contributed by atoms with Gasteiger partial charge >= 0.3 is 11.7 Å². The zero-order valence-corrected chi connectivity index (χ0v) is 17.6. The lowest BCUT2D eigenvalue weighted by Gasteiger charge is -2.32. The molecular weight excluding hydrogens is 439 g/mol. The van der Waals surface area contributed by atoms with Crippen LogP contribution >= 0.6 is 0 Å². The van der Waals surface area contributed by atoms with Gasteiger partial charge in [0.05, 0.1) is 15.8 Å². The van der Waals surface area contributed by atoms with Crippen molar-refractivity contribution in [2.75, 3.05) is 23.3 Å². The molecule has 11 nitrogen and oxygen atoms in total. The first-order chi connectivity index (χ1) is 15.7. The van der Waals surface area contributed by atoms with Crippen LogP contribution in [0.5, 0.6) is 0 Å². The van der Waals surface area contributed by atoms with Crippen LogP contribution in [-0.2, 0) is 14.3 Å². The summed E-state index contributed by atoms with van der Waals surface area (Å²) in [6.45, 7) is 2.17. The van der Waals surface area contributed by atoms with E-state index in [-0.39, 0.29) is 11.4 Å². The molecule has 0 bridgehead atoms. The fraction of sp³-hybridized carbons (Fsp3) is 0.333. The summed E-state index contributed by atoms with van der Waals surface area (Å²) in [7, 11) is 0. The highest BCUT2D eigenvalue weighted by Gasteiger charge is 2.31. The number of nitro groups is 2. The Hall–Kier alpha value is -4.09. The van der Waals surface area contributed by atoms with Crippen LogP contribution in [-0.4, -0.2) is 40.9 Å². The standard InChI is InChI=1S/C21H21FN4O7/c1-13(20(27)23-15-6-7-16(22)19(12-15)26(31)32)33-21(28)14-8-10-24(11-9-14)17-4-2-3-5-18(17)25(29)30/h2-7,12-14H,8-11H2,1H3,(H,23,27). The van der Waals surface area contributed by atoms with E-state index < -0.39 is 45.2 Å². The molecular formula is C21H21FN4O7. The molecule has 0 aliphatic carbocycles. The van der Waals surface area contributed by atoms with Crippen molar-refractivity contribution < 1.29 is 28.6 Å². The van der Waals surface area contributed by atoms with Crippen molar-refractivity contribution in [2.24, 2.45) is 5.92 Å². The van der Waals surface area contributed by atoms with Crippen molar-refractivity contribution in [3.63, 3.8) is 0 Å². The van der Waals surface area contributed by atoms with E-state index in [4.69, 9.17) is 4.74 Å². The second-order valence-corrected chi connectivity index (χ2v) is 7.50. The van der Waals surface area contributed by atoms with E-state index in [9.17, 15) is 34.2 Å². The first kappa shape index (κ1) is 23.6. The topological polar surface area (TPSA) is 145 Å². The zero-order valence-electron chi connectivity index (χ0n) is 17.6. The van der Waals surface area contributed by atoms with Gasteiger partial charge in [0.25, 0.3) is 11.6 Å². The van der Waals surface area contributed by atoms with Crippen molar-refractivity contribution in [1.82, 2.24) is 0 Å². The van der Waals surface area contributed by atoms with Gasteiger partial charge in [-0.1, -0.05) is 12.1 Å². The maximum atomic E-state index is 13.4. The molecule has 174 valence electrons. The summed E-state index contributed by atoms with van der Waals surface area (Å²) >= 11 is 0. The third-order valence-corrected chi connectivity index (χ3v) is 5.32. The largest absolute Gasteiger partial charge is 0.452 e. The fourth-order valence-corrected chi connectivity index (χ4v) is 3.54. The van der Waals surface area contributed by atoms with Crippen LogP contribution in [0.25, 0.3) is 0 Å². The van der Waals surface area contributed by atoms with E-state index in [2.05, 4.69) is 5.32 Å². The van der Waals surface area contributed by atoms with Crippen molar-refractivity contribution in [3.05, 3.63) is 68.5 Å². The molecule has 1 fully saturated rings. The number of hydrogen-bond acceptors (Lipinski definition) is 8. The summed E-state index contributed by atoms with van der Waals surface area (Å²) < 4.78 is 18.7. The predicted molar refractivity (Wildman–Crippen MR) is 115 cm³/mol. The Morgan fingerprint density at radius 2 is 1.73 bits per heavy atom. The van der Waals surface area contributed by atoms with Gasteiger partial charge < -0.3 is 15.0 Å². The monoisotopic (exact) mass is 460 g/mol. The Balaban J connectivity index is 1.55. The highest BCUT2D eigenvalue weighted by Crippen LogP contribution is 2.31. The highest BCUT2D eigenvalue weighted by atomic mass is 19.1. The molecule has 1 N–H and O–H groups in total. The number of esters is 1. The van der Waals surface area contributed by atoms with Crippen LogP contribution in [0.3, 0.4) is 0 Å². The molecule has 0 saturated carbocycles. The van der Waals surface area contributed by atoms with Crippen LogP contribution in [0, 0.1) is 32.0 Å². The van der Waals surface area contributed by atoms with Crippen molar-refractivity contribution in [1.29, 1.82) is 0 Å². The van der Waals surface area contributed by atoms with Crippen LogP contribution < -0.4 is 10.2 Å². The van der Waals surface area contributed by atoms with Crippen molar-refractivity contribution >= 4 is 34.6 Å². The molecule has 1 heterocycles. The number of nitro benzene ring substituents is 2. The number of hydrogen-bond donors (Lipinski definition) is 1. The summed E-state index contributed by atoms with van der Waals surface area (Å²) in [5, 5.41) is 24.4. The van der Waals surface area contributed by atoms with E-state index in [1.165, 1.54) is 13.0 Å². The van der Waals surface area contributed by atoms with Gasteiger partial charge in [-0.05, 0) is 38.0 Å². The summed E-state index contributed by atoms with van der Waals surface area (Å²) in [6, 6.07) is 9.26. The number of benzene rings is 2. The molecule has 2 aromatic rings. The van der Waals surface area contributed by atoms with Gasteiger partial charge in [-0.25, -0.2) is 0 Å². The van der Waals surface area contributed by atoms with Gasteiger partial charge in [-0.2, -0.15) is 4.39 Å². The smallest absolute Gasteiger partial charge is 0.309 e. The molecule has 0 radical (unpaired) electrons. The molecule has 1 unspecified atom stereocenters. The highest BCUT2D eigenvalue weighted by molar-refractivity contribution is 5.95. The lowest BCUT2D eigenvalue weighted by molar-refractivity contribution is -0.387. The zero-order chi connectivity index (χ0) is 24.1. The third kappa shape index (κ3) is 5.59. The second kappa shape index (κ2) is 10.0. The van der Waals surface area contributed by atoms with Crippen LogP contribution in [0.2, 0.25) is 0 Å². The lowest BCUT2D eigenvalue weighted by Crippen LogP contribution is -2.39. The second-order valence-electron chi connectivity index (χ2n) is 7.50. The quantitative estimate of drug-likeness (QED) is 0.376. The molecule has 0 aromatic heterocycles. The number of carbonyl (C=O) groups excluding carboxylic acids is 2. The molecule has 0 spiro atoms. The van der Waals surface area contributed by atoms with Crippen molar-refractivity contribution in [2.45, 2.75) is 25.9 Å². The van der Waals surface area contributed by atoms with E-state index in [0.29, 0.717) is 31.6 Å². The molecule has 1 amide bonds. The minimum atomic E-state index is -1.19. The summed E-state index contributed by atoms with van der Waals surface area (Å²) in [5.74, 6) is -2.82. The Morgan fingerprint density at radius 1 is 1.09 bits per heavy atom. The summed E-state index contributed by atoms with van der Waals surface area (Å²) in [6.07, 6.45) is -0.401. The third-order valence-electron chi connectivity index (χ3n) is 5.32. The number of nitrogens with one attached hydrogen (secondary N) is 1. The number of nitrogens with zero attached hydrogens (tertiary/aromatic N) is 3. The number of amides is 1. The fourth-order valence-electron chi connectivity index (χ4n) is 3.54. The number of anilines is 2. The maximum absolute atomic E-state index is 13.4. The average molecular weight is 460 g/mol. The number of rotatable bonds is 7. The van der Waals surface area contributed by atoms with Crippen LogP contribution in [0.15, 0.2) is 42.5 Å². The van der Waals surface area contributed by atoms with E-state index in [0.717, 1.165) is 18.2 Å². The van der Waals surface area contributed by atoms with Gasteiger partial charge in [0.2, 0.25) is 5.82 Å². The number of para-hydroxylation sites is 2. The maximum Gasteiger partial charge on any atom is 0.309 e. The van der Waals surface area contributed by atoms with Crippen LogP contribution in [0.1, 0.15) is 19.8 Å². The van der Waals surface area contributed by atoms with E-state index in [1.54, 1.807) is 18.2 Å². The van der Waals surface area contributed by atoms with Gasteiger partial charge in [-0.15, -0.1) is 0 Å². The SMILES string of the molecule is CC(OC(=O)C1CCN(c2ccccc2[N+](=O)[O-])CC1)C(=O)Nc1ccc(F)c([N+](=O)[O-])c1. The number of ether oxygens (including phenoxy) is 1. The molecule has 33 heavy (non-hydrogen) atoms. The molecule has 2 aromatic carbocycles. The molecule has 1 aliphatic heterocycles. The number of piperidine rings is 1. The van der Waals surface area contributed by atoms with Gasteiger partial charge in [0.1, 0.15) is 5.69 Å². The Bertz CT molecular complexity index is 1090. The molecule has 12 heteroatoms. The van der Waals surface area contributed by atoms with Crippen LogP contribution in [0.4, 0.5) is 27.1 Å². The lowest BCUT2D eigenvalue weighted by atomic mass is 9.96. The van der Waals surface area contributed by atoms with Gasteiger partial charge in [-0.3, -0.25) is 29.8 Å².